The Kier molecular flexibility index (Phi) is 4.67. The fourth-order valence-corrected chi connectivity index (χ4v) is 2.17. The van der Waals surface area contributed by atoms with Crippen molar-refractivity contribution in [2.75, 3.05) is 11.9 Å². The van der Waals surface area contributed by atoms with Gasteiger partial charge in [-0.3, -0.25) is 0 Å². The number of fused-ring (bicyclic) bond motifs is 1. The Bertz CT molecular complexity index is 644. The van der Waals surface area contributed by atoms with Gasteiger partial charge >= 0.3 is 6.18 Å². The molecule has 1 aromatic heterocycles. The molecule has 0 saturated heterocycles. The lowest BCUT2D eigenvalue weighted by atomic mass is 10.2. The lowest BCUT2D eigenvalue weighted by Crippen LogP contribution is -2.24. The summed E-state index contributed by atoms with van der Waals surface area (Å²) < 4.78 is 39.3. The van der Waals surface area contributed by atoms with E-state index in [1.807, 2.05) is 6.92 Å². The molecule has 114 valence electrons. The number of aliphatic hydroxyl groups excluding tert-OH is 1. The molecular weight excluding hydrogens is 351 g/mol. The molecular formula is C13H13BrF3N3O. The molecule has 1 atom stereocenters. The van der Waals surface area contributed by atoms with Gasteiger partial charge in [-0.15, -0.1) is 0 Å². The van der Waals surface area contributed by atoms with Crippen LogP contribution in [0.1, 0.15) is 19.2 Å². The van der Waals surface area contributed by atoms with Crippen molar-refractivity contribution in [2.45, 2.75) is 25.6 Å². The maximum Gasteiger partial charge on any atom is 0.451 e. The summed E-state index contributed by atoms with van der Waals surface area (Å²) in [5.41, 5.74) is 0.191. The highest BCUT2D eigenvalue weighted by atomic mass is 79.9. The topological polar surface area (TPSA) is 58.0 Å². The minimum atomic E-state index is -4.63. The van der Waals surface area contributed by atoms with Crippen molar-refractivity contribution in [1.29, 1.82) is 0 Å². The van der Waals surface area contributed by atoms with Gasteiger partial charge in [-0.1, -0.05) is 22.9 Å². The van der Waals surface area contributed by atoms with Crippen molar-refractivity contribution in [3.8, 4) is 0 Å². The number of nitrogens with zero attached hydrogens (tertiary/aromatic N) is 2. The van der Waals surface area contributed by atoms with Gasteiger partial charge in [0.25, 0.3) is 0 Å². The van der Waals surface area contributed by atoms with Gasteiger partial charge in [0.05, 0.1) is 18.2 Å². The largest absolute Gasteiger partial charge is 0.451 e. The second-order valence-electron chi connectivity index (χ2n) is 4.49. The maximum atomic E-state index is 12.9. The summed E-state index contributed by atoms with van der Waals surface area (Å²) in [5.74, 6) is -1.14. The maximum absolute atomic E-state index is 12.9. The summed E-state index contributed by atoms with van der Waals surface area (Å²) in [6.07, 6.45) is -4.07. The lowest BCUT2D eigenvalue weighted by molar-refractivity contribution is -0.144. The molecule has 0 aliphatic rings. The molecule has 0 unspecified atom stereocenters. The first-order valence-electron chi connectivity index (χ1n) is 6.27. The van der Waals surface area contributed by atoms with Crippen LogP contribution in [-0.4, -0.2) is 27.7 Å². The second-order valence-corrected chi connectivity index (χ2v) is 5.40. The Labute approximate surface area is 127 Å². The van der Waals surface area contributed by atoms with E-state index in [-0.39, 0.29) is 24.0 Å². The number of hydrogen-bond donors (Lipinski definition) is 2. The molecule has 1 aromatic carbocycles. The first-order valence-corrected chi connectivity index (χ1v) is 7.06. The Morgan fingerprint density at radius 2 is 2.05 bits per heavy atom. The third-order valence-corrected chi connectivity index (χ3v) is 3.46. The molecule has 0 spiro atoms. The molecule has 1 heterocycles. The lowest BCUT2D eigenvalue weighted by Gasteiger charge is -2.17. The van der Waals surface area contributed by atoms with Crippen molar-refractivity contribution < 1.29 is 18.3 Å². The summed E-state index contributed by atoms with van der Waals surface area (Å²) in [7, 11) is 0. The number of anilines is 1. The predicted octanol–water partition coefficient (Wildman–Crippen LogP) is 3.59. The number of nitrogens with one attached hydrogen (secondary N) is 1. The van der Waals surface area contributed by atoms with E-state index in [2.05, 4.69) is 31.2 Å². The van der Waals surface area contributed by atoms with E-state index in [9.17, 15) is 18.3 Å². The average molecular weight is 364 g/mol. The van der Waals surface area contributed by atoms with Crippen LogP contribution in [0.25, 0.3) is 10.9 Å². The van der Waals surface area contributed by atoms with Crippen molar-refractivity contribution in [1.82, 2.24) is 9.97 Å². The monoisotopic (exact) mass is 363 g/mol. The number of hydrogen-bond acceptors (Lipinski definition) is 4. The number of aliphatic hydroxyl groups is 1. The van der Waals surface area contributed by atoms with Crippen molar-refractivity contribution in [2.24, 2.45) is 0 Å². The van der Waals surface area contributed by atoms with Gasteiger partial charge in [0, 0.05) is 9.86 Å². The molecule has 0 aliphatic carbocycles. The van der Waals surface area contributed by atoms with Crippen LogP contribution in [0.15, 0.2) is 22.7 Å². The third kappa shape index (κ3) is 3.62. The van der Waals surface area contributed by atoms with Crippen LogP contribution in [0.2, 0.25) is 0 Å². The van der Waals surface area contributed by atoms with Gasteiger partial charge in [0.15, 0.2) is 0 Å². The van der Waals surface area contributed by atoms with E-state index in [4.69, 9.17) is 0 Å². The molecule has 0 bridgehead atoms. The SMILES string of the molecule is CC[C@@H](CO)Nc1nc(C(F)(F)F)nc2ccc(Br)cc12. The fraction of sp³-hybridized carbons (Fsp3) is 0.385. The standard InChI is InChI=1S/C13H13BrF3N3O/c1-2-8(6-21)18-11-9-5-7(14)3-4-10(9)19-12(20-11)13(15,16)17/h3-5,8,21H,2,6H2,1H3,(H,18,19,20)/t8-/m0/s1. The zero-order valence-corrected chi connectivity index (χ0v) is 12.7. The van der Waals surface area contributed by atoms with Crippen LogP contribution in [0.5, 0.6) is 0 Å². The molecule has 21 heavy (non-hydrogen) atoms. The van der Waals surface area contributed by atoms with Gasteiger partial charge in [0.1, 0.15) is 5.82 Å². The summed E-state index contributed by atoms with van der Waals surface area (Å²) >= 11 is 3.27. The number of halogens is 4. The van der Waals surface area contributed by atoms with E-state index in [1.165, 1.54) is 6.07 Å². The second kappa shape index (κ2) is 6.15. The molecule has 2 N–H and O–H groups in total. The minimum Gasteiger partial charge on any atom is -0.394 e. The van der Waals surface area contributed by atoms with Crippen LogP contribution >= 0.6 is 15.9 Å². The normalized spacial score (nSPS) is 13.4. The van der Waals surface area contributed by atoms with Gasteiger partial charge in [0.2, 0.25) is 5.82 Å². The van der Waals surface area contributed by atoms with Crippen LogP contribution < -0.4 is 5.32 Å². The van der Waals surface area contributed by atoms with Crippen LogP contribution in [0.4, 0.5) is 19.0 Å². The highest BCUT2D eigenvalue weighted by molar-refractivity contribution is 9.10. The van der Waals surface area contributed by atoms with Crippen LogP contribution in [-0.2, 0) is 6.18 Å². The number of alkyl halides is 3. The first kappa shape index (κ1) is 16.0. The zero-order valence-electron chi connectivity index (χ0n) is 11.1. The Hall–Kier alpha value is -1.41. The Morgan fingerprint density at radius 1 is 1.33 bits per heavy atom. The quantitative estimate of drug-likeness (QED) is 0.871. The Balaban J connectivity index is 2.60. The third-order valence-electron chi connectivity index (χ3n) is 2.97. The van der Waals surface area contributed by atoms with Crippen LogP contribution in [0.3, 0.4) is 0 Å². The molecule has 2 aromatic rings. The van der Waals surface area contributed by atoms with E-state index < -0.39 is 12.0 Å². The summed E-state index contributed by atoms with van der Waals surface area (Å²) in [5, 5.41) is 12.5. The summed E-state index contributed by atoms with van der Waals surface area (Å²) in [6, 6.07) is 4.37. The van der Waals surface area contributed by atoms with Crippen LogP contribution in [0, 0.1) is 0 Å². The number of benzene rings is 1. The molecule has 2 rings (SSSR count). The summed E-state index contributed by atoms with van der Waals surface area (Å²) in [6.45, 7) is 1.62. The first-order chi connectivity index (χ1) is 9.85. The molecule has 0 saturated carbocycles. The highest BCUT2D eigenvalue weighted by Crippen LogP contribution is 2.31. The predicted molar refractivity (Wildman–Crippen MR) is 77.0 cm³/mol. The Morgan fingerprint density at radius 3 is 2.62 bits per heavy atom. The molecule has 8 heteroatoms. The van der Waals surface area contributed by atoms with Gasteiger partial charge in [-0.05, 0) is 24.6 Å². The fourth-order valence-electron chi connectivity index (χ4n) is 1.81. The van der Waals surface area contributed by atoms with Gasteiger partial charge in [-0.2, -0.15) is 13.2 Å². The minimum absolute atomic E-state index is 0.0644. The van der Waals surface area contributed by atoms with Gasteiger partial charge < -0.3 is 10.4 Å². The van der Waals surface area contributed by atoms with Crippen molar-refractivity contribution >= 4 is 32.7 Å². The number of rotatable bonds is 4. The van der Waals surface area contributed by atoms with E-state index in [0.717, 1.165) is 0 Å². The zero-order chi connectivity index (χ0) is 15.6. The van der Waals surface area contributed by atoms with Crippen molar-refractivity contribution in [3.05, 3.63) is 28.5 Å². The number of aromatic nitrogens is 2. The molecule has 0 fully saturated rings. The van der Waals surface area contributed by atoms with E-state index in [0.29, 0.717) is 16.3 Å². The molecule has 4 nitrogen and oxygen atoms in total. The average Bonchev–Trinajstić information content (AvgIpc) is 2.43. The highest BCUT2D eigenvalue weighted by Gasteiger charge is 2.35. The smallest absolute Gasteiger partial charge is 0.394 e. The van der Waals surface area contributed by atoms with E-state index in [1.54, 1.807) is 12.1 Å². The van der Waals surface area contributed by atoms with E-state index >= 15 is 0 Å². The van der Waals surface area contributed by atoms with Gasteiger partial charge in [-0.25, -0.2) is 9.97 Å². The molecule has 0 aliphatic heterocycles. The molecule has 0 radical (unpaired) electrons. The van der Waals surface area contributed by atoms with Crippen molar-refractivity contribution in [3.63, 3.8) is 0 Å². The summed E-state index contributed by atoms with van der Waals surface area (Å²) in [4.78, 5) is 7.12. The molecule has 0 amide bonds.